The highest BCUT2D eigenvalue weighted by Gasteiger charge is 2.59. The molecule has 0 bridgehead atoms. The Balaban J connectivity index is 1.75. The highest BCUT2D eigenvalue weighted by Crippen LogP contribution is 2.38. The molecule has 3 heterocycles. The molecule has 3 saturated heterocycles. The van der Waals surface area contributed by atoms with Crippen LogP contribution >= 0.6 is 0 Å². The smallest absolute Gasteiger partial charge is 0.280 e. The Labute approximate surface area is 154 Å². The number of methoxy groups -OCH3 is 1. The standard InChI is InChI=1S/C15H26O12/c1-14(22-2)23-4-7-11(26-14)9(19)10(20)13(24-7)27-15(5-17)12(21)8(18)6(3-16)25-15/h6-13,16-21H,3-5H2,1-2H3/t6-,7-,8-,9-,10-,11-,12+,13?,14-,15+/m1/s1. The number of hydrogen-bond donors (Lipinski definition) is 6. The zero-order valence-electron chi connectivity index (χ0n) is 14.9. The SMILES string of the molecule is CO[C@]1(C)OC[C@H]2OC(O[C@]3(CO)O[C@H](CO)[C@@H](O)[C@@H]3O)[C@H](O)[C@@H](O)[C@@H]2O1. The van der Waals surface area contributed by atoms with Gasteiger partial charge in [-0.05, 0) is 0 Å². The number of aliphatic hydroxyl groups is 6. The van der Waals surface area contributed by atoms with Crippen LogP contribution in [0.4, 0.5) is 0 Å². The Bertz CT molecular complexity index is 519. The molecule has 1 unspecified atom stereocenters. The van der Waals surface area contributed by atoms with Crippen LogP contribution in [0.1, 0.15) is 6.92 Å². The lowest BCUT2D eigenvalue weighted by molar-refractivity contribution is -0.459. The highest BCUT2D eigenvalue weighted by molar-refractivity contribution is 4.99. The van der Waals surface area contributed by atoms with Gasteiger partial charge in [0.2, 0.25) is 5.79 Å². The molecule has 6 N–H and O–H groups in total. The van der Waals surface area contributed by atoms with E-state index in [4.69, 9.17) is 28.4 Å². The van der Waals surface area contributed by atoms with Crippen LogP contribution in [0, 0.1) is 0 Å². The van der Waals surface area contributed by atoms with Crippen molar-refractivity contribution in [3.63, 3.8) is 0 Å². The van der Waals surface area contributed by atoms with Crippen molar-refractivity contribution in [2.75, 3.05) is 26.9 Å². The molecule has 3 rings (SSSR count). The second-order valence-corrected chi connectivity index (χ2v) is 6.85. The highest BCUT2D eigenvalue weighted by atomic mass is 16.9. The first-order chi connectivity index (χ1) is 12.7. The molecule has 0 radical (unpaired) electrons. The summed E-state index contributed by atoms with van der Waals surface area (Å²) in [6.07, 6.45) is -11.0. The van der Waals surface area contributed by atoms with Gasteiger partial charge < -0.3 is 59.1 Å². The first-order valence-corrected chi connectivity index (χ1v) is 8.52. The van der Waals surface area contributed by atoms with Crippen molar-refractivity contribution < 1.29 is 59.1 Å². The molecule has 27 heavy (non-hydrogen) atoms. The molecule has 12 heteroatoms. The average molecular weight is 398 g/mol. The van der Waals surface area contributed by atoms with E-state index in [1.165, 1.54) is 14.0 Å². The van der Waals surface area contributed by atoms with Gasteiger partial charge in [-0.15, -0.1) is 0 Å². The summed E-state index contributed by atoms with van der Waals surface area (Å²) in [5.74, 6) is -3.59. The summed E-state index contributed by atoms with van der Waals surface area (Å²) >= 11 is 0. The second kappa shape index (κ2) is 7.74. The van der Waals surface area contributed by atoms with Crippen LogP contribution in [0.3, 0.4) is 0 Å². The Kier molecular flexibility index (Phi) is 6.09. The number of rotatable bonds is 5. The van der Waals surface area contributed by atoms with E-state index < -0.39 is 74.0 Å². The number of aliphatic hydroxyl groups excluding tert-OH is 6. The van der Waals surface area contributed by atoms with Crippen molar-refractivity contribution in [2.45, 2.75) is 67.7 Å². The first-order valence-electron chi connectivity index (χ1n) is 8.52. The molecule has 3 fully saturated rings. The Morgan fingerprint density at radius 3 is 2.30 bits per heavy atom. The summed E-state index contributed by atoms with van der Waals surface area (Å²) in [5.41, 5.74) is 0. The topological polar surface area (TPSA) is 177 Å². The largest absolute Gasteiger partial charge is 0.394 e. The minimum atomic E-state index is -2.16. The summed E-state index contributed by atoms with van der Waals surface area (Å²) in [5, 5.41) is 59.8. The molecular formula is C15H26O12. The fraction of sp³-hybridized carbons (Fsp3) is 1.00. The normalized spacial score (nSPS) is 53.3. The van der Waals surface area contributed by atoms with E-state index in [-0.39, 0.29) is 6.61 Å². The molecule has 0 saturated carbocycles. The third kappa shape index (κ3) is 3.61. The fourth-order valence-corrected chi connectivity index (χ4v) is 3.37. The molecule has 0 aromatic rings. The van der Waals surface area contributed by atoms with E-state index >= 15 is 0 Å². The van der Waals surface area contributed by atoms with E-state index in [1.807, 2.05) is 0 Å². The summed E-state index contributed by atoms with van der Waals surface area (Å²) in [6.45, 7) is -0.115. The molecule has 0 aromatic heterocycles. The number of hydrogen-bond acceptors (Lipinski definition) is 12. The molecule has 12 nitrogen and oxygen atoms in total. The van der Waals surface area contributed by atoms with Crippen LogP contribution in [0.15, 0.2) is 0 Å². The molecule has 3 aliphatic heterocycles. The van der Waals surface area contributed by atoms with E-state index in [9.17, 15) is 30.6 Å². The number of fused-ring (bicyclic) bond motifs is 1. The van der Waals surface area contributed by atoms with Crippen LogP contribution in [0.5, 0.6) is 0 Å². The molecular weight excluding hydrogens is 372 g/mol. The van der Waals surface area contributed by atoms with Crippen LogP contribution in [-0.2, 0) is 28.4 Å². The molecule has 3 aliphatic rings. The molecule has 10 atom stereocenters. The maximum atomic E-state index is 10.4. The van der Waals surface area contributed by atoms with Gasteiger partial charge in [-0.1, -0.05) is 0 Å². The Hall–Kier alpha value is -0.480. The van der Waals surface area contributed by atoms with Gasteiger partial charge in [0.05, 0.1) is 13.2 Å². The maximum Gasteiger partial charge on any atom is 0.280 e. The molecule has 0 aliphatic carbocycles. The van der Waals surface area contributed by atoms with Crippen LogP contribution in [0.25, 0.3) is 0 Å². The van der Waals surface area contributed by atoms with Crippen LogP contribution in [-0.4, -0.2) is 118 Å². The van der Waals surface area contributed by atoms with Crippen molar-refractivity contribution in [3.8, 4) is 0 Å². The van der Waals surface area contributed by atoms with E-state index in [2.05, 4.69) is 0 Å². The van der Waals surface area contributed by atoms with Gasteiger partial charge in [-0.25, -0.2) is 0 Å². The zero-order valence-corrected chi connectivity index (χ0v) is 14.9. The molecule has 0 amide bonds. The van der Waals surface area contributed by atoms with Gasteiger partial charge >= 0.3 is 0 Å². The monoisotopic (exact) mass is 398 g/mol. The van der Waals surface area contributed by atoms with Gasteiger partial charge in [0.1, 0.15) is 49.3 Å². The van der Waals surface area contributed by atoms with E-state index in [0.717, 1.165) is 0 Å². The van der Waals surface area contributed by atoms with Crippen molar-refractivity contribution >= 4 is 0 Å². The third-order valence-corrected chi connectivity index (χ3v) is 5.09. The van der Waals surface area contributed by atoms with Gasteiger partial charge in [0.15, 0.2) is 6.29 Å². The van der Waals surface area contributed by atoms with Gasteiger partial charge in [-0.3, -0.25) is 0 Å². The summed E-state index contributed by atoms with van der Waals surface area (Å²) in [4.78, 5) is 0. The lowest BCUT2D eigenvalue weighted by atomic mass is 9.97. The minimum absolute atomic E-state index is 0.0595. The van der Waals surface area contributed by atoms with Gasteiger partial charge in [-0.2, -0.15) is 0 Å². The van der Waals surface area contributed by atoms with Crippen molar-refractivity contribution in [1.82, 2.24) is 0 Å². The molecule has 158 valence electrons. The van der Waals surface area contributed by atoms with E-state index in [0.29, 0.717) is 0 Å². The molecule has 0 aromatic carbocycles. The van der Waals surface area contributed by atoms with Crippen LogP contribution < -0.4 is 0 Å². The van der Waals surface area contributed by atoms with Crippen molar-refractivity contribution in [1.29, 1.82) is 0 Å². The lowest BCUT2D eigenvalue weighted by Crippen LogP contribution is -2.67. The average Bonchev–Trinajstić information content (AvgIpc) is 2.91. The quantitative estimate of drug-likeness (QED) is 0.265. The predicted octanol–water partition coefficient (Wildman–Crippen LogP) is -4.01. The molecule has 0 spiro atoms. The minimum Gasteiger partial charge on any atom is -0.394 e. The van der Waals surface area contributed by atoms with Gasteiger partial charge in [0, 0.05) is 14.0 Å². The third-order valence-electron chi connectivity index (χ3n) is 5.09. The summed E-state index contributed by atoms with van der Waals surface area (Å²) < 4.78 is 32.3. The number of ether oxygens (including phenoxy) is 6. The van der Waals surface area contributed by atoms with Crippen molar-refractivity contribution in [3.05, 3.63) is 0 Å². The van der Waals surface area contributed by atoms with Crippen LogP contribution in [0.2, 0.25) is 0 Å². The first kappa shape index (κ1) is 21.2. The van der Waals surface area contributed by atoms with Gasteiger partial charge in [0.25, 0.3) is 5.97 Å². The maximum absolute atomic E-state index is 10.4. The lowest BCUT2D eigenvalue weighted by Gasteiger charge is -2.49. The summed E-state index contributed by atoms with van der Waals surface area (Å²) in [7, 11) is 1.35. The summed E-state index contributed by atoms with van der Waals surface area (Å²) in [6, 6.07) is 0. The fourth-order valence-electron chi connectivity index (χ4n) is 3.37. The zero-order chi connectivity index (χ0) is 20.0. The van der Waals surface area contributed by atoms with Crippen molar-refractivity contribution in [2.24, 2.45) is 0 Å². The van der Waals surface area contributed by atoms with E-state index in [1.54, 1.807) is 0 Å². The second-order valence-electron chi connectivity index (χ2n) is 6.85. The Morgan fingerprint density at radius 1 is 1.04 bits per heavy atom. The predicted molar refractivity (Wildman–Crippen MR) is 81.8 cm³/mol. The Morgan fingerprint density at radius 2 is 1.74 bits per heavy atom.